The van der Waals surface area contributed by atoms with Crippen molar-refractivity contribution in [3.63, 3.8) is 0 Å². The Kier molecular flexibility index (Phi) is 4.70. The van der Waals surface area contributed by atoms with E-state index in [1.165, 1.54) is 11.6 Å². The Hall–Kier alpha value is -0.445. The number of Topliss-reactive ketones (excluding diaryl/α,β-unsaturated/α-hetero) is 1. The maximum absolute atomic E-state index is 12.0. The van der Waals surface area contributed by atoms with E-state index < -0.39 is 0 Å². The second kappa shape index (κ2) is 5.59. The summed E-state index contributed by atoms with van der Waals surface area (Å²) in [7, 11) is 5.34. The minimum Gasteiger partial charge on any atom is -0.332 e. The quantitative estimate of drug-likeness (QED) is 0.670. The first-order valence-corrected chi connectivity index (χ1v) is 6.25. The van der Waals surface area contributed by atoms with Crippen molar-refractivity contribution in [1.82, 2.24) is 4.90 Å². The molecule has 0 saturated carbocycles. The maximum atomic E-state index is 12.0. The van der Waals surface area contributed by atoms with Gasteiger partial charge in [-0.15, -0.1) is 0 Å². The first-order chi connectivity index (χ1) is 7.07. The summed E-state index contributed by atoms with van der Waals surface area (Å²) in [5, 5.41) is 0. The summed E-state index contributed by atoms with van der Waals surface area (Å²) in [6.45, 7) is 4.12. The Morgan fingerprint density at radius 1 is 1.60 bits per heavy atom. The molecule has 2 atom stereocenters. The highest BCUT2D eigenvalue weighted by Crippen LogP contribution is 2.21. The first kappa shape index (κ1) is 12.6. The summed E-state index contributed by atoms with van der Waals surface area (Å²) in [5.41, 5.74) is 0. The predicted octanol–water partition coefficient (Wildman–Crippen LogP) is 1.02. The molecule has 1 saturated heterocycles. The van der Waals surface area contributed by atoms with Gasteiger partial charge in [-0.3, -0.25) is 9.59 Å². The highest BCUT2D eigenvalue weighted by molar-refractivity contribution is 8.19. The molecule has 5 heteroatoms. The van der Waals surface area contributed by atoms with Gasteiger partial charge in [0.15, 0.2) is 12.9 Å². The number of likely N-dealkylation sites (tertiary alicyclic amines) is 1. The number of ketones is 1. The van der Waals surface area contributed by atoms with Crippen LogP contribution in [0, 0.1) is 5.92 Å². The van der Waals surface area contributed by atoms with E-state index in [9.17, 15) is 9.59 Å². The van der Waals surface area contributed by atoms with Crippen molar-refractivity contribution in [2.24, 2.45) is 5.92 Å². The molecule has 82 valence electrons. The number of hydrogen-bond donors (Lipinski definition) is 0. The Labute approximate surface area is 96.3 Å². The van der Waals surface area contributed by atoms with Gasteiger partial charge in [-0.05, 0) is 25.5 Å². The van der Waals surface area contributed by atoms with Crippen molar-refractivity contribution in [1.29, 1.82) is 0 Å². The third-order valence-electron chi connectivity index (χ3n) is 2.77. The summed E-state index contributed by atoms with van der Waals surface area (Å²) in [5.74, 6) is 0.666. The molecule has 2 unspecified atom stereocenters. The standard InChI is InChI=1S/C10H16BNO2S/c1-7(6-15-11)10(14)12-5-3-4-9(12)8(2)13/h7,9H,3-6H2,1-2H3. The summed E-state index contributed by atoms with van der Waals surface area (Å²) in [6.07, 6.45) is 1.74. The molecule has 0 aliphatic carbocycles. The third kappa shape index (κ3) is 3.00. The van der Waals surface area contributed by atoms with Gasteiger partial charge in [-0.1, -0.05) is 6.92 Å². The number of carbonyl (C=O) groups excluding carboxylic acids is 2. The van der Waals surface area contributed by atoms with E-state index in [-0.39, 0.29) is 23.7 Å². The fraction of sp³-hybridized carbons (Fsp3) is 0.800. The van der Waals surface area contributed by atoms with Crippen LogP contribution < -0.4 is 0 Å². The van der Waals surface area contributed by atoms with Gasteiger partial charge in [-0.25, -0.2) is 11.6 Å². The van der Waals surface area contributed by atoms with Crippen LogP contribution in [0.3, 0.4) is 0 Å². The van der Waals surface area contributed by atoms with Crippen molar-refractivity contribution in [3.8, 4) is 0 Å². The zero-order chi connectivity index (χ0) is 11.4. The lowest BCUT2D eigenvalue weighted by molar-refractivity contribution is -0.139. The van der Waals surface area contributed by atoms with Crippen molar-refractivity contribution in [2.45, 2.75) is 32.7 Å². The molecule has 15 heavy (non-hydrogen) atoms. The molecule has 0 bridgehead atoms. The fourth-order valence-electron chi connectivity index (χ4n) is 1.95. The van der Waals surface area contributed by atoms with Gasteiger partial charge in [0, 0.05) is 12.5 Å². The Balaban J connectivity index is 2.62. The Bertz CT molecular complexity index is 260. The molecule has 1 amide bonds. The van der Waals surface area contributed by atoms with Gasteiger partial charge in [0.1, 0.15) is 0 Å². The predicted molar refractivity (Wildman–Crippen MR) is 62.8 cm³/mol. The number of nitrogens with zero attached hydrogens (tertiary/aromatic N) is 1. The van der Waals surface area contributed by atoms with Gasteiger partial charge in [0.2, 0.25) is 5.91 Å². The minimum atomic E-state index is -0.192. The van der Waals surface area contributed by atoms with E-state index in [0.29, 0.717) is 12.3 Å². The van der Waals surface area contributed by atoms with Crippen LogP contribution in [-0.2, 0) is 9.59 Å². The maximum Gasteiger partial charge on any atom is 0.226 e. The second-order valence-corrected chi connectivity index (χ2v) is 4.70. The fourth-order valence-corrected chi connectivity index (χ4v) is 2.38. The van der Waals surface area contributed by atoms with Crippen LogP contribution in [0.25, 0.3) is 0 Å². The van der Waals surface area contributed by atoms with Crippen LogP contribution >= 0.6 is 11.6 Å². The van der Waals surface area contributed by atoms with E-state index >= 15 is 0 Å². The van der Waals surface area contributed by atoms with Gasteiger partial charge in [0.05, 0.1) is 6.04 Å². The number of rotatable bonds is 4. The smallest absolute Gasteiger partial charge is 0.226 e. The highest BCUT2D eigenvalue weighted by Gasteiger charge is 2.33. The SMILES string of the molecule is [B]SCC(C)C(=O)N1CCCC1C(C)=O. The molecule has 1 heterocycles. The van der Waals surface area contributed by atoms with Crippen LogP contribution in [-0.4, -0.2) is 42.1 Å². The molecule has 0 aromatic heterocycles. The molecule has 1 aliphatic heterocycles. The van der Waals surface area contributed by atoms with E-state index in [2.05, 4.69) is 0 Å². The molecule has 2 radical (unpaired) electrons. The average molecular weight is 225 g/mol. The third-order valence-corrected chi connectivity index (χ3v) is 3.47. The summed E-state index contributed by atoms with van der Waals surface area (Å²) < 4.78 is 0. The molecule has 1 fully saturated rings. The molecule has 3 nitrogen and oxygen atoms in total. The topological polar surface area (TPSA) is 37.4 Å². The van der Waals surface area contributed by atoms with E-state index in [1.54, 1.807) is 11.8 Å². The van der Waals surface area contributed by atoms with Crippen LogP contribution in [0.1, 0.15) is 26.7 Å². The van der Waals surface area contributed by atoms with Gasteiger partial charge < -0.3 is 4.90 Å². The monoisotopic (exact) mass is 225 g/mol. The summed E-state index contributed by atoms with van der Waals surface area (Å²) in [4.78, 5) is 25.0. The number of hydrogen-bond acceptors (Lipinski definition) is 3. The molecule has 1 aliphatic rings. The first-order valence-electron chi connectivity index (χ1n) is 5.20. The van der Waals surface area contributed by atoms with Crippen LogP contribution in [0.2, 0.25) is 0 Å². The van der Waals surface area contributed by atoms with Crippen LogP contribution in [0.5, 0.6) is 0 Å². The molecule has 0 aromatic rings. The van der Waals surface area contributed by atoms with Crippen LogP contribution in [0.4, 0.5) is 0 Å². The second-order valence-electron chi connectivity index (χ2n) is 4.03. The molecule has 0 N–H and O–H groups in total. The lowest BCUT2D eigenvalue weighted by Crippen LogP contribution is -2.42. The molecular formula is C10H16BNO2S. The van der Waals surface area contributed by atoms with Crippen molar-refractivity contribution >= 4 is 30.4 Å². The minimum absolute atomic E-state index is 0.0608. The summed E-state index contributed by atoms with van der Waals surface area (Å²) >= 11 is 1.17. The normalized spacial score (nSPS) is 22.8. The number of carbonyl (C=O) groups is 2. The number of amides is 1. The van der Waals surface area contributed by atoms with E-state index in [0.717, 1.165) is 12.8 Å². The molecule has 0 spiro atoms. The van der Waals surface area contributed by atoms with E-state index in [1.807, 2.05) is 6.92 Å². The summed E-state index contributed by atoms with van der Waals surface area (Å²) in [6, 6.07) is -0.192. The highest BCUT2D eigenvalue weighted by atomic mass is 32.2. The zero-order valence-corrected chi connectivity index (χ0v) is 10.0. The van der Waals surface area contributed by atoms with Crippen molar-refractivity contribution < 1.29 is 9.59 Å². The van der Waals surface area contributed by atoms with Gasteiger partial charge >= 0.3 is 0 Å². The lowest BCUT2D eigenvalue weighted by atomic mass is 10.1. The van der Waals surface area contributed by atoms with Crippen LogP contribution in [0.15, 0.2) is 0 Å². The van der Waals surface area contributed by atoms with Gasteiger partial charge in [-0.2, -0.15) is 0 Å². The average Bonchev–Trinajstić information content (AvgIpc) is 2.65. The Morgan fingerprint density at radius 2 is 2.27 bits per heavy atom. The zero-order valence-electron chi connectivity index (χ0n) is 9.23. The van der Waals surface area contributed by atoms with Gasteiger partial charge in [0.25, 0.3) is 0 Å². The molecule has 1 rings (SSSR count). The lowest BCUT2D eigenvalue weighted by Gasteiger charge is -2.25. The molecular weight excluding hydrogens is 209 g/mol. The van der Waals surface area contributed by atoms with E-state index in [4.69, 9.17) is 7.12 Å². The Morgan fingerprint density at radius 3 is 2.80 bits per heavy atom. The largest absolute Gasteiger partial charge is 0.332 e. The molecule has 0 aromatic carbocycles. The van der Waals surface area contributed by atoms with Crippen molar-refractivity contribution in [2.75, 3.05) is 12.3 Å². The van der Waals surface area contributed by atoms with Crippen molar-refractivity contribution in [3.05, 3.63) is 0 Å².